The quantitative estimate of drug-likeness (QED) is 0.438. The van der Waals surface area contributed by atoms with Crippen LogP contribution in [0.15, 0.2) is 30.5 Å². The molecule has 4 aliphatic rings. The molecule has 3 aromatic rings. The molecule has 11 heteroatoms. The van der Waals surface area contributed by atoms with Gasteiger partial charge in [0.2, 0.25) is 0 Å². The van der Waals surface area contributed by atoms with Gasteiger partial charge in [-0.1, -0.05) is 18.5 Å². The van der Waals surface area contributed by atoms with Crippen LogP contribution in [0.4, 0.5) is 19.0 Å². The van der Waals surface area contributed by atoms with Crippen LogP contribution in [-0.4, -0.2) is 54.9 Å². The van der Waals surface area contributed by atoms with Gasteiger partial charge in [-0.05, 0) is 62.4 Å². The smallest absolute Gasteiger partial charge is 0.355 e. The maximum Gasteiger partial charge on any atom is 0.394 e. The zero-order valence-electron chi connectivity index (χ0n) is 21.3. The van der Waals surface area contributed by atoms with Gasteiger partial charge < -0.3 is 4.90 Å². The van der Waals surface area contributed by atoms with Crippen molar-refractivity contribution >= 4 is 17.4 Å². The van der Waals surface area contributed by atoms with E-state index >= 15 is 0 Å². The maximum atomic E-state index is 13.5. The van der Waals surface area contributed by atoms with Crippen molar-refractivity contribution in [3.8, 4) is 5.69 Å². The largest absolute Gasteiger partial charge is 0.394 e. The minimum Gasteiger partial charge on any atom is -0.355 e. The number of nitrogens with zero attached hydrogens (tertiary/aromatic N) is 7. The number of rotatable bonds is 3. The summed E-state index contributed by atoms with van der Waals surface area (Å²) < 4.78 is 42.8. The molecule has 2 aliphatic carbocycles. The Balaban J connectivity index is 1.12. The molecule has 200 valence electrons. The lowest BCUT2D eigenvalue weighted by atomic mass is 9.57. The normalized spacial score (nSPS) is 26.7. The van der Waals surface area contributed by atoms with Gasteiger partial charge in [0.1, 0.15) is 17.5 Å². The van der Waals surface area contributed by atoms with Crippen molar-refractivity contribution < 1.29 is 13.2 Å². The molecule has 7 nitrogen and oxygen atoms in total. The summed E-state index contributed by atoms with van der Waals surface area (Å²) in [5.41, 5.74) is 0.628. The first-order chi connectivity index (χ1) is 18.0. The lowest BCUT2D eigenvalue weighted by Gasteiger charge is -2.59. The van der Waals surface area contributed by atoms with Crippen LogP contribution in [0.25, 0.3) is 5.69 Å². The number of aromatic nitrogens is 5. The van der Waals surface area contributed by atoms with Crippen molar-refractivity contribution in [1.29, 1.82) is 0 Å². The number of hydrogen-bond acceptors (Lipinski definition) is 6. The van der Waals surface area contributed by atoms with E-state index in [4.69, 9.17) is 11.6 Å². The van der Waals surface area contributed by atoms with Crippen LogP contribution in [0.3, 0.4) is 0 Å². The Kier molecular flexibility index (Phi) is 5.21. The molecule has 4 heterocycles. The molecule has 1 saturated heterocycles. The molecule has 0 unspecified atom stereocenters. The van der Waals surface area contributed by atoms with Gasteiger partial charge in [-0.25, -0.2) is 9.97 Å². The molecule has 38 heavy (non-hydrogen) atoms. The van der Waals surface area contributed by atoms with Gasteiger partial charge >= 0.3 is 6.18 Å². The molecule has 2 aliphatic heterocycles. The SMILES string of the molecule is Cc1nccc(N2CC3(CC(c4nnc5n4-c4ccc(Cl)cc4CN(C4CC(C)(C(F)(F)F)C4)C5)C3)C2)n1. The number of fused-ring (bicyclic) bond motifs is 3. The Bertz CT molecular complexity index is 1400. The van der Waals surface area contributed by atoms with E-state index in [2.05, 4.69) is 34.5 Å². The van der Waals surface area contributed by atoms with E-state index in [9.17, 15) is 13.2 Å². The van der Waals surface area contributed by atoms with Gasteiger partial charge in [-0.2, -0.15) is 13.2 Å². The predicted molar refractivity (Wildman–Crippen MR) is 136 cm³/mol. The molecule has 0 atom stereocenters. The van der Waals surface area contributed by atoms with E-state index in [1.54, 1.807) is 6.20 Å². The van der Waals surface area contributed by atoms with Crippen LogP contribution < -0.4 is 4.90 Å². The van der Waals surface area contributed by atoms with Crippen molar-refractivity contribution in [1.82, 2.24) is 29.6 Å². The van der Waals surface area contributed by atoms with E-state index in [0.29, 0.717) is 18.1 Å². The topological polar surface area (TPSA) is 63.0 Å². The molecule has 0 amide bonds. The van der Waals surface area contributed by atoms with E-state index in [0.717, 1.165) is 60.5 Å². The summed E-state index contributed by atoms with van der Waals surface area (Å²) in [5.74, 6) is 3.78. The van der Waals surface area contributed by atoms with Crippen molar-refractivity contribution in [3.05, 3.63) is 58.5 Å². The number of anilines is 1. The number of halogens is 4. The van der Waals surface area contributed by atoms with Crippen LogP contribution in [0.5, 0.6) is 0 Å². The van der Waals surface area contributed by atoms with Crippen LogP contribution >= 0.6 is 11.6 Å². The van der Waals surface area contributed by atoms with E-state index < -0.39 is 11.6 Å². The fourth-order valence-electron chi connectivity index (χ4n) is 7.01. The first kappa shape index (κ1) is 24.3. The number of alkyl halides is 3. The van der Waals surface area contributed by atoms with Gasteiger partial charge in [0.15, 0.2) is 5.82 Å². The third-order valence-corrected chi connectivity index (χ3v) is 9.43. The van der Waals surface area contributed by atoms with Gasteiger partial charge in [0.05, 0.1) is 17.6 Å². The molecule has 0 radical (unpaired) electrons. The molecule has 0 N–H and O–H groups in total. The Labute approximate surface area is 224 Å². The Morgan fingerprint density at radius 1 is 1.03 bits per heavy atom. The minimum atomic E-state index is -4.19. The zero-order valence-corrected chi connectivity index (χ0v) is 22.1. The van der Waals surface area contributed by atoms with Crippen LogP contribution in [0.1, 0.15) is 61.6 Å². The third-order valence-electron chi connectivity index (χ3n) is 9.19. The van der Waals surface area contributed by atoms with E-state index in [1.165, 1.54) is 6.92 Å². The van der Waals surface area contributed by atoms with Gasteiger partial charge in [-0.3, -0.25) is 9.47 Å². The molecular weight excluding hydrogens is 515 g/mol. The molecule has 3 fully saturated rings. The molecule has 2 aromatic heterocycles. The molecule has 2 saturated carbocycles. The summed E-state index contributed by atoms with van der Waals surface area (Å²) in [6.45, 7) is 6.19. The number of hydrogen-bond donors (Lipinski definition) is 0. The summed E-state index contributed by atoms with van der Waals surface area (Å²) in [6.07, 6.45) is -0.122. The van der Waals surface area contributed by atoms with Crippen molar-refractivity contribution in [3.63, 3.8) is 0 Å². The monoisotopic (exact) mass is 543 g/mol. The molecule has 1 spiro atoms. The standard InChI is InChI=1S/C27H29ClF3N7/c1-16-32-6-5-22(33-16)37-14-26(15-37)8-18(9-26)24-35-34-23-13-36(20-10-25(2,11-20)27(29,30)31)12-17-7-19(28)3-4-21(17)38(23)24/h3-7,18,20H,8-15H2,1-2H3. The van der Waals surface area contributed by atoms with Gasteiger partial charge in [-0.15, -0.1) is 10.2 Å². The first-order valence-corrected chi connectivity index (χ1v) is 13.5. The maximum absolute atomic E-state index is 13.5. The highest BCUT2D eigenvalue weighted by molar-refractivity contribution is 6.30. The van der Waals surface area contributed by atoms with Gasteiger partial charge in [0.25, 0.3) is 0 Å². The summed E-state index contributed by atoms with van der Waals surface area (Å²) in [7, 11) is 0. The number of benzene rings is 1. The second kappa shape index (κ2) is 8.14. The Morgan fingerprint density at radius 2 is 1.79 bits per heavy atom. The second-order valence-corrected chi connectivity index (χ2v) is 12.5. The first-order valence-electron chi connectivity index (χ1n) is 13.1. The molecule has 0 bridgehead atoms. The lowest BCUT2D eigenvalue weighted by Crippen LogP contribution is -2.62. The average Bonchev–Trinajstić information content (AvgIpc) is 3.09. The Hall–Kier alpha value is -2.72. The van der Waals surface area contributed by atoms with Crippen molar-refractivity contribution in [2.75, 3.05) is 18.0 Å². The summed E-state index contributed by atoms with van der Waals surface area (Å²) in [5, 5.41) is 9.83. The minimum absolute atomic E-state index is 0.0981. The zero-order chi connectivity index (χ0) is 26.4. The molecular formula is C27H29ClF3N7. The van der Waals surface area contributed by atoms with Crippen LogP contribution in [-0.2, 0) is 13.1 Å². The molecule has 1 aromatic carbocycles. The summed E-state index contributed by atoms with van der Waals surface area (Å²) in [6, 6.07) is 7.60. The highest BCUT2D eigenvalue weighted by Crippen LogP contribution is 2.57. The highest BCUT2D eigenvalue weighted by atomic mass is 35.5. The van der Waals surface area contributed by atoms with Crippen molar-refractivity contribution in [2.24, 2.45) is 10.8 Å². The summed E-state index contributed by atoms with van der Waals surface area (Å²) in [4.78, 5) is 13.2. The second-order valence-electron chi connectivity index (χ2n) is 12.0. The summed E-state index contributed by atoms with van der Waals surface area (Å²) >= 11 is 6.37. The average molecular weight is 544 g/mol. The van der Waals surface area contributed by atoms with Crippen molar-refractivity contribution in [2.45, 2.75) is 70.8 Å². The third kappa shape index (κ3) is 3.74. The number of aryl methyl sites for hydroxylation is 1. The fourth-order valence-corrected chi connectivity index (χ4v) is 7.21. The predicted octanol–water partition coefficient (Wildman–Crippen LogP) is 5.45. The molecule has 7 rings (SSSR count). The van der Waals surface area contributed by atoms with E-state index in [-0.39, 0.29) is 30.2 Å². The lowest BCUT2D eigenvalue weighted by molar-refractivity contribution is -0.258. The fraction of sp³-hybridized carbons (Fsp3) is 0.556. The van der Waals surface area contributed by atoms with E-state index in [1.807, 2.05) is 31.2 Å². The highest BCUT2D eigenvalue weighted by Gasteiger charge is 2.60. The van der Waals surface area contributed by atoms with Crippen LogP contribution in [0.2, 0.25) is 5.02 Å². The van der Waals surface area contributed by atoms with Gasteiger partial charge in [0, 0.05) is 48.2 Å². The Morgan fingerprint density at radius 3 is 2.50 bits per heavy atom. The van der Waals surface area contributed by atoms with Crippen LogP contribution in [0, 0.1) is 17.8 Å².